The zero-order valence-electron chi connectivity index (χ0n) is 14.0. The third-order valence-electron chi connectivity index (χ3n) is 3.99. The molecule has 0 unspecified atom stereocenters. The fourth-order valence-corrected chi connectivity index (χ4v) is 2.65. The first-order chi connectivity index (χ1) is 12.5. The lowest BCUT2D eigenvalue weighted by Crippen LogP contribution is -2.33. The molecule has 132 valence electrons. The van der Waals surface area contributed by atoms with Crippen LogP contribution < -0.4 is 4.90 Å². The van der Waals surface area contributed by atoms with E-state index in [0.29, 0.717) is 23.2 Å². The molecule has 0 bridgehead atoms. The molecule has 0 aliphatic heterocycles. The highest BCUT2D eigenvalue weighted by molar-refractivity contribution is 6.07. The fourth-order valence-electron chi connectivity index (χ4n) is 2.65. The molecule has 3 aromatic rings. The molecule has 0 spiro atoms. The third kappa shape index (κ3) is 3.30. The van der Waals surface area contributed by atoms with Gasteiger partial charge in [-0.2, -0.15) is 0 Å². The van der Waals surface area contributed by atoms with E-state index in [9.17, 15) is 14.4 Å². The van der Waals surface area contributed by atoms with Crippen LogP contribution in [-0.2, 0) is 11.8 Å². The third-order valence-corrected chi connectivity index (χ3v) is 3.99. The number of carboxylic acid groups (broad SMARTS) is 1. The summed E-state index contributed by atoms with van der Waals surface area (Å²) in [6, 6.07) is 9.99. The highest BCUT2D eigenvalue weighted by atomic mass is 16.4. The number of amides is 1. The van der Waals surface area contributed by atoms with Crippen LogP contribution in [0, 0.1) is 0 Å². The molecule has 0 saturated carbocycles. The van der Waals surface area contributed by atoms with E-state index >= 15 is 0 Å². The minimum Gasteiger partial charge on any atom is -0.481 e. The molecule has 0 radical (unpaired) electrons. The van der Waals surface area contributed by atoms with E-state index < -0.39 is 5.97 Å². The Bertz CT molecular complexity index is 982. The van der Waals surface area contributed by atoms with Crippen LogP contribution in [0.2, 0.25) is 0 Å². The number of fused-ring (bicyclic) bond motifs is 1. The van der Waals surface area contributed by atoms with Gasteiger partial charge >= 0.3 is 5.97 Å². The molecule has 0 aliphatic carbocycles. The van der Waals surface area contributed by atoms with E-state index in [4.69, 9.17) is 5.11 Å². The highest BCUT2D eigenvalue weighted by Gasteiger charge is 2.21. The minimum absolute atomic E-state index is 0.00891. The van der Waals surface area contributed by atoms with Crippen LogP contribution in [0.5, 0.6) is 0 Å². The molecular formula is C18H16N4O4. The number of imidazole rings is 1. The smallest absolute Gasteiger partial charge is 0.305 e. The van der Waals surface area contributed by atoms with E-state index in [-0.39, 0.29) is 24.7 Å². The monoisotopic (exact) mass is 352 g/mol. The first-order valence-electron chi connectivity index (χ1n) is 7.87. The Kier molecular flexibility index (Phi) is 4.74. The first-order valence-corrected chi connectivity index (χ1v) is 7.87. The number of carbonyl (C=O) groups excluding carboxylic acids is 2. The van der Waals surface area contributed by atoms with Crippen LogP contribution >= 0.6 is 0 Å². The molecular weight excluding hydrogens is 336 g/mol. The highest BCUT2D eigenvalue weighted by Crippen LogP contribution is 2.20. The number of anilines is 1. The van der Waals surface area contributed by atoms with Gasteiger partial charge in [0.1, 0.15) is 5.82 Å². The second-order valence-electron chi connectivity index (χ2n) is 5.64. The van der Waals surface area contributed by atoms with Crippen LogP contribution in [0.25, 0.3) is 11.0 Å². The Morgan fingerprint density at radius 1 is 1.27 bits per heavy atom. The number of rotatable bonds is 6. The summed E-state index contributed by atoms with van der Waals surface area (Å²) in [5.41, 5.74) is 1.57. The number of nitrogens with zero attached hydrogens (tertiary/aromatic N) is 4. The molecule has 1 aromatic carbocycles. The summed E-state index contributed by atoms with van der Waals surface area (Å²) in [6.45, 7) is -0.00891. The van der Waals surface area contributed by atoms with Crippen molar-refractivity contribution >= 4 is 35.0 Å². The Morgan fingerprint density at radius 2 is 2.08 bits per heavy atom. The van der Waals surface area contributed by atoms with Gasteiger partial charge in [-0.1, -0.05) is 6.07 Å². The van der Waals surface area contributed by atoms with Crippen LogP contribution in [0.3, 0.4) is 0 Å². The number of hydrogen-bond donors (Lipinski definition) is 1. The summed E-state index contributed by atoms with van der Waals surface area (Å²) in [6.07, 6.45) is 1.98. The molecule has 0 atom stereocenters. The average Bonchev–Trinajstić information content (AvgIpc) is 2.97. The number of pyridine rings is 1. The second-order valence-corrected chi connectivity index (χ2v) is 5.64. The molecule has 26 heavy (non-hydrogen) atoms. The quantitative estimate of drug-likeness (QED) is 0.679. The molecule has 8 heteroatoms. The first kappa shape index (κ1) is 17.3. The van der Waals surface area contributed by atoms with Crippen LogP contribution in [0.1, 0.15) is 27.4 Å². The SMILES string of the molecule is Cn1c(C=O)nc2cc(C(=O)N(CCC(=O)O)c3ccccn3)ccc21. The Morgan fingerprint density at radius 3 is 2.73 bits per heavy atom. The zero-order valence-corrected chi connectivity index (χ0v) is 14.0. The predicted octanol–water partition coefficient (Wildman–Crippen LogP) is 1.90. The van der Waals surface area contributed by atoms with Gasteiger partial charge in [-0.05, 0) is 30.3 Å². The summed E-state index contributed by atoms with van der Waals surface area (Å²) < 4.78 is 1.64. The molecule has 2 aromatic heterocycles. The van der Waals surface area contributed by atoms with Crippen LogP contribution in [-0.4, -0.2) is 44.3 Å². The van der Waals surface area contributed by atoms with Gasteiger partial charge in [0.15, 0.2) is 12.1 Å². The maximum absolute atomic E-state index is 13.0. The van der Waals surface area contributed by atoms with Gasteiger partial charge in [-0.15, -0.1) is 0 Å². The van der Waals surface area contributed by atoms with Crippen molar-refractivity contribution in [2.45, 2.75) is 6.42 Å². The van der Waals surface area contributed by atoms with Crippen molar-refractivity contribution in [2.75, 3.05) is 11.4 Å². The summed E-state index contributed by atoms with van der Waals surface area (Å²) in [5, 5.41) is 8.96. The average molecular weight is 352 g/mol. The number of aryl methyl sites for hydroxylation is 1. The summed E-state index contributed by atoms with van der Waals surface area (Å²) in [4.78, 5) is 44.6. The van der Waals surface area contributed by atoms with Crippen molar-refractivity contribution in [2.24, 2.45) is 7.05 Å². The number of carboxylic acids is 1. The Labute approximate surface area is 148 Å². The topological polar surface area (TPSA) is 105 Å². The maximum atomic E-state index is 13.0. The molecule has 1 amide bonds. The van der Waals surface area contributed by atoms with Crippen molar-refractivity contribution in [3.8, 4) is 0 Å². The van der Waals surface area contributed by atoms with Gasteiger partial charge in [-0.3, -0.25) is 19.3 Å². The largest absolute Gasteiger partial charge is 0.481 e. The van der Waals surface area contributed by atoms with Crippen LogP contribution in [0.15, 0.2) is 42.6 Å². The lowest BCUT2D eigenvalue weighted by molar-refractivity contribution is -0.136. The predicted molar refractivity (Wildman–Crippen MR) is 94.3 cm³/mol. The fraction of sp³-hybridized carbons (Fsp3) is 0.167. The van der Waals surface area contributed by atoms with Gasteiger partial charge in [0.2, 0.25) is 0 Å². The van der Waals surface area contributed by atoms with E-state index in [1.54, 1.807) is 48.0 Å². The summed E-state index contributed by atoms with van der Waals surface area (Å²) in [5.74, 6) is -0.759. The van der Waals surface area contributed by atoms with Crippen LogP contribution in [0.4, 0.5) is 5.82 Å². The zero-order chi connectivity index (χ0) is 18.7. The number of aromatic nitrogens is 3. The molecule has 3 rings (SSSR count). The number of carbonyl (C=O) groups is 3. The Hall–Kier alpha value is -3.55. The number of aliphatic carboxylic acids is 1. The van der Waals surface area contributed by atoms with Crippen molar-refractivity contribution in [3.05, 3.63) is 54.0 Å². The summed E-state index contributed by atoms with van der Waals surface area (Å²) in [7, 11) is 1.72. The van der Waals surface area contributed by atoms with E-state index in [1.807, 2.05) is 0 Å². The van der Waals surface area contributed by atoms with Crippen molar-refractivity contribution in [1.82, 2.24) is 14.5 Å². The number of benzene rings is 1. The van der Waals surface area contributed by atoms with Gasteiger partial charge in [0, 0.05) is 25.4 Å². The standard InChI is InChI=1S/C18H16N4O4/c1-21-14-6-5-12(10-13(14)20-16(21)11-23)18(26)22(9-7-17(24)25)15-4-2-3-8-19-15/h2-6,8,10-11H,7,9H2,1H3,(H,24,25). The van der Waals surface area contributed by atoms with E-state index in [0.717, 1.165) is 5.52 Å². The molecule has 1 N–H and O–H groups in total. The molecule has 2 heterocycles. The van der Waals surface area contributed by atoms with Gasteiger partial charge < -0.3 is 9.67 Å². The van der Waals surface area contributed by atoms with E-state index in [1.165, 1.54) is 11.1 Å². The maximum Gasteiger partial charge on any atom is 0.305 e. The summed E-state index contributed by atoms with van der Waals surface area (Å²) >= 11 is 0. The number of hydrogen-bond acceptors (Lipinski definition) is 5. The molecule has 0 aliphatic rings. The van der Waals surface area contributed by atoms with Crippen molar-refractivity contribution < 1.29 is 19.5 Å². The minimum atomic E-state index is -1.01. The Balaban J connectivity index is 1.99. The lowest BCUT2D eigenvalue weighted by atomic mass is 10.1. The van der Waals surface area contributed by atoms with Crippen molar-refractivity contribution in [3.63, 3.8) is 0 Å². The number of aldehydes is 1. The lowest BCUT2D eigenvalue weighted by Gasteiger charge is -2.21. The normalized spacial score (nSPS) is 10.7. The van der Waals surface area contributed by atoms with Gasteiger partial charge in [-0.25, -0.2) is 9.97 Å². The van der Waals surface area contributed by atoms with Gasteiger partial charge in [0.05, 0.1) is 17.5 Å². The second kappa shape index (κ2) is 7.14. The molecule has 0 saturated heterocycles. The van der Waals surface area contributed by atoms with E-state index in [2.05, 4.69) is 9.97 Å². The van der Waals surface area contributed by atoms with Gasteiger partial charge in [0.25, 0.3) is 5.91 Å². The molecule has 0 fully saturated rings. The molecule has 8 nitrogen and oxygen atoms in total. The van der Waals surface area contributed by atoms with Crippen molar-refractivity contribution in [1.29, 1.82) is 0 Å².